The maximum Gasteiger partial charge on any atom is 0.353 e. The molecule has 0 aliphatic carbocycles. The first-order chi connectivity index (χ1) is 17.5. The van der Waals surface area contributed by atoms with Gasteiger partial charge in [-0.05, 0) is 42.1 Å². The molecule has 2 aromatic carbocycles. The number of nitrogens with zero attached hydrogens (tertiary/aromatic N) is 1. The Hall–Kier alpha value is -4.31. The van der Waals surface area contributed by atoms with Crippen LogP contribution in [0.2, 0.25) is 0 Å². The summed E-state index contributed by atoms with van der Waals surface area (Å²) in [6, 6.07) is 19.0. The second-order valence-electron chi connectivity index (χ2n) is 7.65. The van der Waals surface area contributed by atoms with Crippen LogP contribution in [0.25, 0.3) is 10.6 Å². The third kappa shape index (κ3) is 6.22. The Balaban J connectivity index is 1.24. The quantitative estimate of drug-likeness (QED) is 0.161. The fourth-order valence-electron chi connectivity index (χ4n) is 3.41. The van der Waals surface area contributed by atoms with Crippen molar-refractivity contribution in [2.45, 2.75) is 19.4 Å². The van der Waals surface area contributed by atoms with Gasteiger partial charge >= 0.3 is 11.9 Å². The number of nitrogens with one attached hydrogen (secondary N) is 1. The van der Waals surface area contributed by atoms with E-state index < -0.39 is 11.9 Å². The van der Waals surface area contributed by atoms with Gasteiger partial charge in [0.1, 0.15) is 17.2 Å². The van der Waals surface area contributed by atoms with E-state index in [1.54, 1.807) is 25.3 Å². The molecule has 0 saturated heterocycles. The van der Waals surface area contributed by atoms with Crippen molar-refractivity contribution < 1.29 is 28.3 Å². The van der Waals surface area contributed by atoms with Gasteiger partial charge in [-0.2, -0.15) is 0 Å². The lowest BCUT2D eigenvalue weighted by Crippen LogP contribution is -2.14. The van der Waals surface area contributed by atoms with E-state index in [0.29, 0.717) is 29.3 Å². The fraction of sp³-hybridized carbons (Fsp3) is 0.192. The number of methoxy groups -OCH3 is 1. The Morgan fingerprint density at radius 2 is 1.94 bits per heavy atom. The van der Waals surface area contributed by atoms with Gasteiger partial charge in [0.05, 0.1) is 18.6 Å². The summed E-state index contributed by atoms with van der Waals surface area (Å²) < 4.78 is 21.1. The number of nitrogen functional groups attached to an aromatic ring is 1. The van der Waals surface area contributed by atoms with Gasteiger partial charge in [0, 0.05) is 30.3 Å². The minimum atomic E-state index is -0.896. The summed E-state index contributed by atoms with van der Waals surface area (Å²) in [4.78, 5) is 25.4. The molecule has 0 unspecified atom stereocenters. The molecule has 0 saturated carbocycles. The first-order valence-corrected chi connectivity index (χ1v) is 12.1. The Kier molecular flexibility index (Phi) is 8.20. The van der Waals surface area contributed by atoms with Crippen LogP contribution in [-0.2, 0) is 16.1 Å². The molecule has 36 heavy (non-hydrogen) atoms. The summed E-state index contributed by atoms with van der Waals surface area (Å²) in [5, 5.41) is 8.97. The molecule has 4 rings (SSSR count). The lowest BCUT2D eigenvalue weighted by Gasteiger charge is -2.13. The third-order valence-corrected chi connectivity index (χ3v) is 6.07. The molecule has 0 bridgehead atoms. The molecule has 0 aliphatic rings. The van der Waals surface area contributed by atoms with Crippen LogP contribution in [0.15, 0.2) is 70.6 Å². The van der Waals surface area contributed by atoms with Crippen molar-refractivity contribution in [3.63, 3.8) is 0 Å². The van der Waals surface area contributed by atoms with Gasteiger partial charge < -0.3 is 29.8 Å². The lowest BCUT2D eigenvalue weighted by atomic mass is 10.2. The molecular formula is C26H25N3O6S. The average Bonchev–Trinajstić information content (AvgIpc) is 3.56. The molecule has 0 radical (unpaired) electrons. The van der Waals surface area contributed by atoms with E-state index in [-0.39, 0.29) is 30.2 Å². The monoisotopic (exact) mass is 507 g/mol. The molecule has 9 nitrogen and oxygen atoms in total. The number of thiophene rings is 1. The predicted molar refractivity (Wildman–Crippen MR) is 136 cm³/mol. The molecule has 2 aromatic heterocycles. The standard InChI is InChI=1S/C26H25N3O6S/c1-32-20-15-19(12-11-17(20)16-28-18-7-3-2-4-8-18)33-13-5-10-22(30)34-26(31)23-24(29-35-25(23)27)21-9-6-14-36-21/h2-4,6-9,11-12,14-15,28H,5,10,13,16,27H2,1H3. The molecular weight excluding hydrogens is 482 g/mol. The molecule has 0 fully saturated rings. The molecule has 10 heteroatoms. The highest BCUT2D eigenvalue weighted by Crippen LogP contribution is 2.31. The van der Waals surface area contributed by atoms with Gasteiger partial charge in [0.2, 0.25) is 5.88 Å². The molecule has 4 aromatic rings. The van der Waals surface area contributed by atoms with Crippen molar-refractivity contribution >= 4 is 34.8 Å². The summed E-state index contributed by atoms with van der Waals surface area (Å²) in [7, 11) is 1.60. The van der Waals surface area contributed by atoms with Gasteiger partial charge in [-0.1, -0.05) is 29.4 Å². The van der Waals surface area contributed by atoms with Gasteiger partial charge in [-0.15, -0.1) is 11.3 Å². The number of nitrogens with two attached hydrogens (primary N) is 1. The summed E-state index contributed by atoms with van der Waals surface area (Å²) >= 11 is 1.36. The summed E-state index contributed by atoms with van der Waals surface area (Å²) in [6.45, 7) is 0.849. The summed E-state index contributed by atoms with van der Waals surface area (Å²) in [5.41, 5.74) is 7.90. The smallest absolute Gasteiger partial charge is 0.353 e. The maximum atomic E-state index is 12.5. The predicted octanol–water partition coefficient (Wildman–Crippen LogP) is 5.15. The van der Waals surface area contributed by atoms with Crippen molar-refractivity contribution in [1.82, 2.24) is 5.16 Å². The minimum Gasteiger partial charge on any atom is -0.496 e. The number of para-hydroxylation sites is 1. The second kappa shape index (κ2) is 11.9. The normalized spacial score (nSPS) is 10.6. The Bertz CT molecular complexity index is 1300. The molecule has 0 amide bonds. The number of ether oxygens (including phenoxy) is 3. The number of hydrogen-bond acceptors (Lipinski definition) is 10. The van der Waals surface area contributed by atoms with Crippen LogP contribution >= 0.6 is 11.3 Å². The van der Waals surface area contributed by atoms with Crippen LogP contribution in [0.5, 0.6) is 11.5 Å². The summed E-state index contributed by atoms with van der Waals surface area (Å²) in [6.07, 6.45) is 0.337. The van der Waals surface area contributed by atoms with E-state index in [2.05, 4.69) is 10.5 Å². The first-order valence-electron chi connectivity index (χ1n) is 11.2. The van der Waals surface area contributed by atoms with Crippen LogP contribution in [-0.4, -0.2) is 30.8 Å². The fourth-order valence-corrected chi connectivity index (χ4v) is 4.12. The number of carbonyl (C=O) groups is 2. The molecule has 0 aliphatic heterocycles. The highest BCUT2D eigenvalue weighted by Gasteiger charge is 2.26. The Morgan fingerprint density at radius 3 is 2.69 bits per heavy atom. The number of hydrogen-bond donors (Lipinski definition) is 2. The highest BCUT2D eigenvalue weighted by atomic mass is 32.1. The number of esters is 2. The van der Waals surface area contributed by atoms with Crippen LogP contribution in [0.1, 0.15) is 28.8 Å². The molecule has 3 N–H and O–H groups in total. The zero-order valence-electron chi connectivity index (χ0n) is 19.6. The van der Waals surface area contributed by atoms with Crippen molar-refractivity contribution in [3.8, 4) is 22.1 Å². The zero-order valence-corrected chi connectivity index (χ0v) is 20.4. The molecule has 186 valence electrons. The van der Waals surface area contributed by atoms with Gasteiger partial charge in [0.25, 0.3) is 0 Å². The SMILES string of the molecule is COc1cc(OCCCC(=O)OC(=O)c2c(-c3cccs3)noc2N)ccc1CNc1ccccc1. The molecule has 0 spiro atoms. The van der Waals surface area contributed by atoms with Gasteiger partial charge in [-0.3, -0.25) is 4.79 Å². The first kappa shape index (κ1) is 24.8. The van der Waals surface area contributed by atoms with E-state index in [1.807, 2.05) is 47.8 Å². The van der Waals surface area contributed by atoms with E-state index in [9.17, 15) is 9.59 Å². The van der Waals surface area contributed by atoms with Crippen LogP contribution in [0.4, 0.5) is 11.6 Å². The molecule has 2 heterocycles. The number of carbonyl (C=O) groups excluding carboxylic acids is 2. The number of anilines is 2. The molecule has 0 atom stereocenters. The summed E-state index contributed by atoms with van der Waals surface area (Å²) in [5.74, 6) is -0.490. The van der Waals surface area contributed by atoms with Crippen LogP contribution in [0, 0.1) is 0 Å². The van der Waals surface area contributed by atoms with Gasteiger partial charge in [0.15, 0.2) is 5.56 Å². The van der Waals surface area contributed by atoms with E-state index in [4.69, 9.17) is 24.5 Å². The van der Waals surface area contributed by atoms with Crippen LogP contribution < -0.4 is 20.5 Å². The largest absolute Gasteiger partial charge is 0.496 e. The van der Waals surface area contributed by atoms with Crippen LogP contribution in [0.3, 0.4) is 0 Å². The number of aromatic nitrogens is 1. The van der Waals surface area contributed by atoms with Gasteiger partial charge in [-0.25, -0.2) is 4.79 Å². The Morgan fingerprint density at radius 1 is 1.11 bits per heavy atom. The van der Waals surface area contributed by atoms with E-state index in [0.717, 1.165) is 11.3 Å². The highest BCUT2D eigenvalue weighted by molar-refractivity contribution is 7.13. The zero-order chi connectivity index (χ0) is 25.3. The minimum absolute atomic E-state index is 0.0124. The third-order valence-electron chi connectivity index (χ3n) is 5.19. The van der Waals surface area contributed by atoms with E-state index >= 15 is 0 Å². The van der Waals surface area contributed by atoms with Crippen molar-refractivity contribution in [2.75, 3.05) is 24.8 Å². The Labute approximate surface area is 211 Å². The topological polar surface area (TPSA) is 126 Å². The van der Waals surface area contributed by atoms with Crippen molar-refractivity contribution in [3.05, 3.63) is 77.2 Å². The maximum absolute atomic E-state index is 12.5. The average molecular weight is 508 g/mol. The second-order valence-corrected chi connectivity index (χ2v) is 8.60. The van der Waals surface area contributed by atoms with Crippen molar-refractivity contribution in [2.24, 2.45) is 0 Å². The van der Waals surface area contributed by atoms with Crippen molar-refractivity contribution in [1.29, 1.82) is 0 Å². The lowest BCUT2D eigenvalue weighted by molar-refractivity contribution is -0.138. The number of rotatable bonds is 11. The van der Waals surface area contributed by atoms with E-state index in [1.165, 1.54) is 11.3 Å². The number of benzene rings is 2.